The number of halogens is 1. The van der Waals surface area contributed by atoms with E-state index < -0.39 is 56.3 Å². The lowest BCUT2D eigenvalue weighted by Crippen LogP contribution is -2.48. The Labute approximate surface area is 282 Å². The molecule has 0 fully saturated rings. The average Bonchev–Trinajstić information content (AvgIpc) is 3.51. The molecular weight excluding hydrogens is 735 g/mol. The fourth-order valence-corrected chi connectivity index (χ4v) is 6.66. The predicted octanol–water partition coefficient (Wildman–Crippen LogP) is 5.62. The van der Waals surface area contributed by atoms with Crippen LogP contribution in [0.15, 0.2) is 0 Å². The van der Waals surface area contributed by atoms with Crippen molar-refractivity contribution in [2.75, 3.05) is 10.6 Å². The Morgan fingerprint density at radius 2 is 1.24 bits per heavy atom. The Bertz CT molecular complexity index is 1350. The SMILES string of the molecule is CC(C)C(=INC(=O)OC(C)(C)C)C(=O)Nc1nnc(CCCCc2nnc(NC(=O)[C@@H](NC(=O)OC(C)(C)C)C(C)C)s2)s1. The first-order chi connectivity index (χ1) is 20.8. The second-order valence-electron chi connectivity index (χ2n) is 12.7. The molecular formula is C28H45IN8O6S2. The standard InChI is InChI=1S/C28H45IN8O6S2/c1-15(2)19(29-33-26(41)43-28(8,9)10)21(38)31-23-36-34-17(44-23)13-11-12-14-18-35-37-24(45-18)32-22(39)20(16(3)4)30-25(40)42-27(5,6)7/h15-16,20H,11-14H2,1-10H3,(H,30,40)(H,33,41)(H,31,36,38)(H,32,37,39)/t20-/m0/s1. The molecule has 2 aromatic rings. The van der Waals surface area contributed by atoms with Gasteiger partial charge < -0.3 is 14.8 Å². The molecule has 0 saturated carbocycles. The van der Waals surface area contributed by atoms with Gasteiger partial charge in [-0.25, -0.2) is 9.59 Å². The van der Waals surface area contributed by atoms with E-state index in [9.17, 15) is 19.2 Å². The van der Waals surface area contributed by atoms with Crippen molar-refractivity contribution in [2.45, 2.75) is 112 Å². The Hall–Kier alpha value is -2.80. The van der Waals surface area contributed by atoms with Crippen molar-refractivity contribution in [1.29, 1.82) is 0 Å². The maximum atomic E-state index is 12.9. The van der Waals surface area contributed by atoms with Crippen molar-refractivity contribution in [1.82, 2.24) is 29.2 Å². The minimum Gasteiger partial charge on any atom is -0.444 e. The number of carbonyl (C=O) groups excluding carboxylic acids is 4. The quantitative estimate of drug-likeness (QED) is 0.113. The lowest BCUT2D eigenvalue weighted by molar-refractivity contribution is -0.119. The first-order valence-electron chi connectivity index (χ1n) is 14.6. The number of nitrogens with zero attached hydrogens (tertiary/aromatic N) is 4. The molecule has 4 amide bonds. The summed E-state index contributed by atoms with van der Waals surface area (Å²) < 4.78 is 13.9. The molecule has 252 valence electrons. The molecule has 0 aromatic carbocycles. The molecule has 4 N–H and O–H groups in total. The van der Waals surface area contributed by atoms with E-state index in [-0.39, 0.29) is 17.7 Å². The lowest BCUT2D eigenvalue weighted by Gasteiger charge is -2.24. The van der Waals surface area contributed by atoms with Gasteiger partial charge in [0.25, 0.3) is 5.91 Å². The van der Waals surface area contributed by atoms with Crippen LogP contribution < -0.4 is 19.5 Å². The third-order valence-corrected chi connectivity index (χ3v) is 10.2. The minimum atomic E-state index is -1.08. The molecule has 2 heterocycles. The maximum absolute atomic E-state index is 12.9. The van der Waals surface area contributed by atoms with Gasteiger partial charge in [0, 0.05) is 33.8 Å². The van der Waals surface area contributed by atoms with Crippen molar-refractivity contribution < 1.29 is 28.7 Å². The predicted molar refractivity (Wildman–Crippen MR) is 185 cm³/mol. The van der Waals surface area contributed by atoms with Crippen LogP contribution in [0.4, 0.5) is 19.9 Å². The van der Waals surface area contributed by atoms with Crippen molar-refractivity contribution in [3.63, 3.8) is 0 Å². The number of anilines is 2. The minimum absolute atomic E-state index is 0.0557. The van der Waals surface area contributed by atoms with Crippen molar-refractivity contribution in [3.05, 3.63) is 10.0 Å². The zero-order valence-corrected chi connectivity index (χ0v) is 31.3. The molecule has 45 heavy (non-hydrogen) atoms. The number of unbranched alkanes of at least 4 members (excludes halogenated alkanes) is 1. The first-order valence-corrected chi connectivity index (χ1v) is 18.4. The lowest BCUT2D eigenvalue weighted by atomic mass is 10.0. The van der Waals surface area contributed by atoms with Crippen molar-refractivity contribution >= 4 is 81.5 Å². The highest BCUT2D eigenvalue weighted by Gasteiger charge is 2.28. The molecule has 1 atom stereocenters. The van der Waals surface area contributed by atoms with E-state index in [1.807, 2.05) is 27.7 Å². The van der Waals surface area contributed by atoms with E-state index in [1.54, 1.807) is 41.5 Å². The third-order valence-electron chi connectivity index (χ3n) is 5.39. The number of alkyl carbamates (subject to hydrolysis) is 1. The summed E-state index contributed by atoms with van der Waals surface area (Å²) in [6.07, 6.45) is 1.77. The highest BCUT2D eigenvalue weighted by atomic mass is 127. The average molecular weight is 781 g/mol. The maximum Gasteiger partial charge on any atom is 0.416 e. The summed E-state index contributed by atoms with van der Waals surface area (Å²) in [5.74, 6) is -0.898. The van der Waals surface area contributed by atoms with Gasteiger partial charge in [-0.15, -0.1) is 20.4 Å². The van der Waals surface area contributed by atoms with Crippen LogP contribution in [0.5, 0.6) is 0 Å². The van der Waals surface area contributed by atoms with E-state index in [0.717, 1.165) is 22.9 Å². The second kappa shape index (κ2) is 17.2. The van der Waals surface area contributed by atoms with E-state index in [4.69, 9.17) is 9.47 Å². The van der Waals surface area contributed by atoms with E-state index in [2.05, 4.69) is 39.9 Å². The summed E-state index contributed by atoms with van der Waals surface area (Å²) >= 11 is 1.52. The number of aryl methyl sites for hydroxylation is 2. The van der Waals surface area contributed by atoms with E-state index >= 15 is 0 Å². The number of carbonyl (C=O) groups is 4. The molecule has 0 aliphatic heterocycles. The molecule has 2 aromatic heterocycles. The van der Waals surface area contributed by atoms with Gasteiger partial charge in [-0.3, -0.25) is 23.8 Å². The molecule has 0 aliphatic carbocycles. The Balaban J connectivity index is 1.83. The normalized spacial score (nSPS) is 13.1. The smallest absolute Gasteiger partial charge is 0.416 e. The second-order valence-corrected chi connectivity index (χ2v) is 17.1. The Kier molecular flexibility index (Phi) is 14.7. The number of amides is 4. The van der Waals surface area contributed by atoms with Crippen LogP contribution in [0.25, 0.3) is 0 Å². The number of nitrogens with one attached hydrogen (secondary N) is 4. The molecule has 0 saturated heterocycles. The largest absolute Gasteiger partial charge is 0.444 e. The molecule has 0 radical (unpaired) electrons. The van der Waals surface area contributed by atoms with Gasteiger partial charge in [-0.2, -0.15) is 0 Å². The zero-order chi connectivity index (χ0) is 33.9. The summed E-state index contributed by atoms with van der Waals surface area (Å²) in [4.78, 5) is 49.9. The summed E-state index contributed by atoms with van der Waals surface area (Å²) in [5, 5.41) is 27.0. The van der Waals surface area contributed by atoms with Crippen molar-refractivity contribution in [2.24, 2.45) is 11.8 Å². The van der Waals surface area contributed by atoms with Crippen LogP contribution in [0.1, 0.15) is 92.1 Å². The summed E-state index contributed by atoms with van der Waals surface area (Å²) in [6, 6.07) is -0.792. The van der Waals surface area contributed by atoms with E-state index in [0.29, 0.717) is 26.6 Å². The van der Waals surface area contributed by atoms with Gasteiger partial charge in [-0.1, -0.05) is 50.4 Å². The first kappa shape index (κ1) is 38.4. The van der Waals surface area contributed by atoms with Crippen LogP contribution in [0.3, 0.4) is 0 Å². The van der Waals surface area contributed by atoms with Gasteiger partial charge in [0.1, 0.15) is 27.3 Å². The van der Waals surface area contributed by atoms with E-state index in [1.165, 1.54) is 22.7 Å². The van der Waals surface area contributed by atoms with Gasteiger partial charge in [0.15, 0.2) is 0 Å². The monoisotopic (exact) mass is 780 g/mol. The molecule has 0 unspecified atom stereocenters. The molecule has 0 bridgehead atoms. The number of hydrogen-bond donors (Lipinski definition) is 4. The summed E-state index contributed by atoms with van der Waals surface area (Å²) in [6.45, 7) is 18.1. The molecule has 2 rings (SSSR count). The number of ether oxygens (including phenoxy) is 2. The fourth-order valence-electron chi connectivity index (χ4n) is 3.47. The molecule has 0 aliphatic rings. The van der Waals surface area contributed by atoms with Gasteiger partial charge >= 0.3 is 12.2 Å². The van der Waals surface area contributed by atoms with Crippen LogP contribution in [0, 0.1) is 11.8 Å². The van der Waals surface area contributed by atoms with Crippen LogP contribution in [-0.2, 0) is 31.9 Å². The highest BCUT2D eigenvalue weighted by Crippen LogP contribution is 2.21. The van der Waals surface area contributed by atoms with Crippen molar-refractivity contribution in [3.8, 4) is 0 Å². The third kappa shape index (κ3) is 14.9. The van der Waals surface area contributed by atoms with Crippen LogP contribution in [-0.4, -0.2) is 65.1 Å². The molecule has 17 heteroatoms. The van der Waals surface area contributed by atoms with Gasteiger partial charge in [0.05, 0.1) is 3.51 Å². The Morgan fingerprint density at radius 3 is 1.71 bits per heavy atom. The number of aromatic nitrogens is 4. The molecule has 0 spiro atoms. The highest BCUT2D eigenvalue weighted by molar-refractivity contribution is 14.2. The van der Waals surface area contributed by atoms with Gasteiger partial charge in [0.2, 0.25) is 16.2 Å². The van der Waals surface area contributed by atoms with Crippen LogP contribution in [0.2, 0.25) is 0 Å². The van der Waals surface area contributed by atoms with Gasteiger partial charge in [-0.05, 0) is 66.2 Å². The fraction of sp³-hybridized carbons (Fsp3) is 0.679. The van der Waals surface area contributed by atoms with Crippen LogP contribution >= 0.6 is 43.7 Å². The topological polar surface area (TPSA) is 186 Å². The summed E-state index contributed by atoms with van der Waals surface area (Å²) in [7, 11) is 0. The number of hydrogen-bond acceptors (Lipinski definition) is 12. The Morgan fingerprint density at radius 1 is 0.756 bits per heavy atom. The summed E-state index contributed by atoms with van der Waals surface area (Å²) in [5.41, 5.74) is -1.29. The number of rotatable bonds is 13. The molecule has 14 nitrogen and oxygen atoms in total. The zero-order valence-electron chi connectivity index (χ0n) is 27.5.